The molecule has 2 aromatic heterocycles. The van der Waals surface area contributed by atoms with Crippen LogP contribution in [0.1, 0.15) is 65.2 Å². The molecule has 0 amide bonds. The van der Waals surface area contributed by atoms with Crippen molar-refractivity contribution in [3.8, 4) is 0 Å². The minimum atomic E-state index is -0.723. The highest BCUT2D eigenvalue weighted by Gasteiger charge is 2.56. The minimum absolute atomic E-state index is 0.130. The predicted molar refractivity (Wildman–Crippen MR) is 151 cm³/mol. The van der Waals surface area contributed by atoms with Gasteiger partial charge in [-0.15, -0.1) is 0 Å². The van der Waals surface area contributed by atoms with E-state index in [0.29, 0.717) is 48.0 Å². The van der Waals surface area contributed by atoms with Crippen LogP contribution in [0.15, 0.2) is 43.0 Å². The lowest BCUT2D eigenvalue weighted by Gasteiger charge is -2.46. The van der Waals surface area contributed by atoms with Crippen LogP contribution in [0.4, 0.5) is 5.82 Å². The van der Waals surface area contributed by atoms with Crippen LogP contribution in [0.2, 0.25) is 0 Å². The van der Waals surface area contributed by atoms with E-state index in [1.165, 1.54) is 6.33 Å². The van der Waals surface area contributed by atoms with Gasteiger partial charge in [-0.3, -0.25) is 14.3 Å². The first-order valence-corrected chi connectivity index (χ1v) is 14.6. The van der Waals surface area contributed by atoms with Crippen molar-refractivity contribution in [2.24, 2.45) is 5.92 Å². The first kappa shape index (κ1) is 28.0. The zero-order valence-corrected chi connectivity index (χ0v) is 24.2. The summed E-state index contributed by atoms with van der Waals surface area (Å²) in [5.41, 5.74) is 8.20. The van der Waals surface area contributed by atoms with Crippen molar-refractivity contribution in [3.63, 3.8) is 0 Å². The zero-order valence-electron chi connectivity index (χ0n) is 24.2. The maximum absolute atomic E-state index is 12.3. The van der Waals surface area contributed by atoms with E-state index in [1.807, 2.05) is 48.7 Å². The molecule has 4 atom stereocenters. The zero-order chi connectivity index (χ0) is 28.7. The number of nitrogens with zero attached hydrogens (tertiary/aromatic N) is 5. The summed E-state index contributed by atoms with van der Waals surface area (Å²) in [7, 11) is 0. The summed E-state index contributed by atoms with van der Waals surface area (Å²) in [4.78, 5) is 27.7. The molecule has 0 radical (unpaired) electrons. The van der Waals surface area contributed by atoms with Gasteiger partial charge in [-0.1, -0.05) is 30.3 Å². The Labute approximate surface area is 240 Å². The molecular formula is C30H40N6O5. The Morgan fingerprint density at radius 3 is 2.66 bits per heavy atom. The Kier molecular flexibility index (Phi) is 7.71. The van der Waals surface area contributed by atoms with Crippen molar-refractivity contribution in [1.29, 1.82) is 0 Å². The molecule has 2 aliphatic heterocycles. The maximum atomic E-state index is 12.3. The second-order valence-electron chi connectivity index (χ2n) is 12.2. The summed E-state index contributed by atoms with van der Waals surface area (Å²) in [5, 5.41) is 0. The van der Waals surface area contributed by atoms with Gasteiger partial charge in [0.1, 0.15) is 36.8 Å². The Morgan fingerprint density at radius 2 is 1.90 bits per heavy atom. The first-order valence-electron chi connectivity index (χ1n) is 14.6. The molecule has 11 heteroatoms. The molecular weight excluding hydrogens is 524 g/mol. The van der Waals surface area contributed by atoms with Gasteiger partial charge < -0.3 is 24.7 Å². The number of imidazole rings is 1. The molecule has 1 saturated carbocycles. The summed E-state index contributed by atoms with van der Waals surface area (Å²) in [5.74, 6) is -0.00414. The molecule has 1 aromatic carbocycles. The highest BCUT2D eigenvalue weighted by atomic mass is 16.8. The number of hydrogen-bond donors (Lipinski definition) is 1. The average molecular weight is 565 g/mol. The lowest BCUT2D eigenvalue weighted by molar-refractivity contribution is -0.199. The number of fused-ring (bicyclic) bond motifs is 2. The third-order valence-corrected chi connectivity index (χ3v) is 8.52. The molecule has 4 heterocycles. The van der Waals surface area contributed by atoms with Crippen LogP contribution in [-0.2, 0) is 30.3 Å². The van der Waals surface area contributed by atoms with Crippen LogP contribution in [-0.4, -0.2) is 73.1 Å². The van der Waals surface area contributed by atoms with Crippen molar-refractivity contribution < 1.29 is 23.7 Å². The third kappa shape index (κ3) is 5.81. The van der Waals surface area contributed by atoms with Crippen LogP contribution >= 0.6 is 0 Å². The van der Waals surface area contributed by atoms with E-state index in [0.717, 1.165) is 31.4 Å². The Bertz CT molecular complexity index is 1360. The highest BCUT2D eigenvalue weighted by Crippen LogP contribution is 2.45. The lowest BCUT2D eigenvalue weighted by atomic mass is 9.76. The second-order valence-corrected chi connectivity index (χ2v) is 12.2. The van der Waals surface area contributed by atoms with Gasteiger partial charge in [-0.25, -0.2) is 15.0 Å². The quantitative estimate of drug-likeness (QED) is 0.363. The molecule has 0 spiro atoms. The average Bonchev–Trinajstić information content (AvgIpc) is 3.58. The van der Waals surface area contributed by atoms with Crippen molar-refractivity contribution in [1.82, 2.24) is 24.4 Å². The van der Waals surface area contributed by atoms with E-state index in [2.05, 4.69) is 33.7 Å². The van der Waals surface area contributed by atoms with E-state index in [1.54, 1.807) is 6.33 Å². The molecule has 1 unspecified atom stereocenters. The lowest BCUT2D eigenvalue weighted by Crippen LogP contribution is -2.52. The largest absolute Gasteiger partial charge is 0.461 e. The molecule has 2 saturated heterocycles. The number of carbonyl (C=O) groups excluding carboxylic acids is 1. The van der Waals surface area contributed by atoms with Gasteiger partial charge in [0, 0.05) is 25.0 Å². The molecule has 41 heavy (non-hydrogen) atoms. The topological polar surface area (TPSA) is 127 Å². The summed E-state index contributed by atoms with van der Waals surface area (Å²) < 4.78 is 26.7. The molecule has 3 aliphatic rings. The maximum Gasteiger partial charge on any atom is 0.306 e. The van der Waals surface area contributed by atoms with Crippen molar-refractivity contribution >= 4 is 23.0 Å². The van der Waals surface area contributed by atoms with Crippen LogP contribution in [0.25, 0.3) is 11.2 Å². The number of nitrogen functional groups attached to an aromatic ring is 1. The van der Waals surface area contributed by atoms with Gasteiger partial charge in [0.2, 0.25) is 0 Å². The predicted octanol–water partition coefficient (Wildman–Crippen LogP) is 3.84. The van der Waals surface area contributed by atoms with E-state index in [4.69, 9.17) is 24.7 Å². The van der Waals surface area contributed by atoms with Gasteiger partial charge in [0.15, 0.2) is 23.5 Å². The fourth-order valence-electron chi connectivity index (χ4n) is 6.41. The van der Waals surface area contributed by atoms with E-state index < -0.39 is 12.0 Å². The van der Waals surface area contributed by atoms with Crippen molar-refractivity contribution in [2.45, 2.75) is 102 Å². The van der Waals surface area contributed by atoms with E-state index >= 15 is 0 Å². The molecule has 1 aliphatic carbocycles. The van der Waals surface area contributed by atoms with Crippen LogP contribution < -0.4 is 5.73 Å². The summed E-state index contributed by atoms with van der Waals surface area (Å²) in [6, 6.07) is 10.5. The van der Waals surface area contributed by atoms with Gasteiger partial charge in [-0.2, -0.15) is 0 Å². The number of nitrogens with two attached hydrogens (primary N) is 1. The van der Waals surface area contributed by atoms with E-state index in [-0.39, 0.29) is 24.3 Å². The number of rotatable bonds is 10. The molecule has 3 fully saturated rings. The van der Waals surface area contributed by atoms with Gasteiger partial charge >= 0.3 is 5.97 Å². The second kappa shape index (κ2) is 11.3. The number of anilines is 1. The van der Waals surface area contributed by atoms with E-state index in [9.17, 15) is 4.79 Å². The molecule has 0 bridgehead atoms. The summed E-state index contributed by atoms with van der Waals surface area (Å²) in [6.45, 7) is 9.36. The molecule has 11 nitrogen and oxygen atoms in total. The number of aromatic nitrogens is 4. The summed E-state index contributed by atoms with van der Waals surface area (Å²) >= 11 is 0. The Hall–Kier alpha value is -3.12. The van der Waals surface area contributed by atoms with Crippen molar-refractivity contribution in [3.05, 3.63) is 48.5 Å². The Balaban J connectivity index is 1.07. The summed E-state index contributed by atoms with van der Waals surface area (Å²) in [6.07, 6.45) is 5.36. The monoisotopic (exact) mass is 564 g/mol. The minimum Gasteiger partial charge on any atom is -0.461 e. The number of ether oxygens (including phenoxy) is 4. The third-order valence-electron chi connectivity index (χ3n) is 8.52. The fourth-order valence-corrected chi connectivity index (χ4v) is 6.41. The molecule has 220 valence electrons. The van der Waals surface area contributed by atoms with Crippen LogP contribution in [0.3, 0.4) is 0 Å². The normalized spacial score (nSPS) is 28.7. The van der Waals surface area contributed by atoms with Gasteiger partial charge in [-0.05, 0) is 58.4 Å². The molecule has 2 N–H and O–H groups in total. The fraction of sp³-hybridized carbons (Fsp3) is 0.600. The van der Waals surface area contributed by atoms with Crippen LogP contribution in [0.5, 0.6) is 0 Å². The van der Waals surface area contributed by atoms with Crippen molar-refractivity contribution in [2.75, 3.05) is 12.3 Å². The van der Waals surface area contributed by atoms with Crippen LogP contribution in [0, 0.1) is 5.92 Å². The molecule has 3 aromatic rings. The van der Waals surface area contributed by atoms with Gasteiger partial charge in [0.05, 0.1) is 6.33 Å². The number of esters is 1. The number of hydrogen-bond acceptors (Lipinski definition) is 10. The SMILES string of the molecule is CC(C)N(C[C@H]1OC(n2cnc3c(N)ncnc32)[C@@H]2OC(C)(C)O[C@H]12)C1CC(CCC(=O)OCc2ccccc2)C1. The standard InChI is InChI=1S/C30H40N6O5/c1-18(2)35(21-12-20(13-21)10-11-23(37)38-15-19-8-6-5-7-9-19)14-22-25-26(41-30(3,4)40-25)29(39-22)36-17-34-24-27(31)32-16-33-28(24)36/h5-9,16-18,20-22,25-26,29H,10-15H2,1-4H3,(H2,31,32,33)/t20?,21?,22-,25-,26-,29?/m1/s1. The first-order chi connectivity index (χ1) is 19.7. The van der Waals surface area contributed by atoms with Gasteiger partial charge in [0.25, 0.3) is 0 Å². The number of benzene rings is 1. The Morgan fingerprint density at radius 1 is 1.15 bits per heavy atom. The number of carbonyl (C=O) groups is 1. The smallest absolute Gasteiger partial charge is 0.306 e. The molecule has 6 rings (SSSR count). The highest BCUT2D eigenvalue weighted by molar-refractivity contribution is 5.81.